The first kappa shape index (κ1) is 16.0. The van der Waals surface area contributed by atoms with Crippen molar-refractivity contribution in [2.24, 2.45) is 5.92 Å². The van der Waals surface area contributed by atoms with E-state index < -0.39 is 0 Å². The second-order valence-electron chi connectivity index (χ2n) is 6.65. The Morgan fingerprint density at radius 1 is 1.24 bits per heavy atom. The molecule has 1 fully saturated rings. The van der Waals surface area contributed by atoms with Crippen LogP contribution >= 0.6 is 0 Å². The number of carbonyl (C=O) groups excluding carboxylic acids is 1. The molecule has 3 heteroatoms. The number of amides is 1. The lowest BCUT2D eigenvalue weighted by Crippen LogP contribution is -2.46. The summed E-state index contributed by atoms with van der Waals surface area (Å²) < 4.78 is 5.76. The predicted molar refractivity (Wildman–Crippen MR) is 85.6 cm³/mol. The van der Waals surface area contributed by atoms with Crippen molar-refractivity contribution in [3.8, 4) is 0 Å². The molecular formula is C18H27NO2. The molecule has 1 amide bonds. The van der Waals surface area contributed by atoms with E-state index in [1.54, 1.807) is 0 Å². The summed E-state index contributed by atoms with van der Waals surface area (Å²) in [7, 11) is 0. The molecule has 1 aromatic carbocycles. The molecule has 1 aliphatic heterocycles. The third-order valence-corrected chi connectivity index (χ3v) is 3.98. The van der Waals surface area contributed by atoms with E-state index in [1.165, 1.54) is 5.56 Å². The highest BCUT2D eigenvalue weighted by atomic mass is 16.5. The highest BCUT2D eigenvalue weighted by Crippen LogP contribution is 2.18. The Bertz CT molecular complexity index is 465. The molecule has 0 bridgehead atoms. The van der Waals surface area contributed by atoms with Gasteiger partial charge >= 0.3 is 0 Å². The van der Waals surface area contributed by atoms with Crippen LogP contribution < -0.4 is 0 Å². The van der Waals surface area contributed by atoms with Crippen LogP contribution in [0.1, 0.15) is 56.0 Å². The first-order chi connectivity index (χ1) is 9.97. The van der Waals surface area contributed by atoms with Crippen molar-refractivity contribution in [1.29, 1.82) is 0 Å². The van der Waals surface area contributed by atoms with E-state index in [-0.39, 0.29) is 12.0 Å². The van der Waals surface area contributed by atoms with Crippen molar-refractivity contribution in [2.45, 2.75) is 46.1 Å². The second-order valence-corrected chi connectivity index (χ2v) is 6.65. The van der Waals surface area contributed by atoms with Gasteiger partial charge in [0.05, 0.1) is 12.7 Å². The van der Waals surface area contributed by atoms with Crippen LogP contribution in [0.25, 0.3) is 0 Å². The summed E-state index contributed by atoms with van der Waals surface area (Å²) in [5, 5.41) is 0. The first-order valence-electron chi connectivity index (χ1n) is 7.98. The Labute approximate surface area is 128 Å². The van der Waals surface area contributed by atoms with E-state index in [1.807, 2.05) is 17.0 Å². The molecule has 2 rings (SSSR count). The lowest BCUT2D eigenvalue weighted by molar-refractivity contribution is -0.0298. The molecule has 1 aromatic rings. The summed E-state index contributed by atoms with van der Waals surface area (Å²) in [6.07, 6.45) is 1.19. The average molecular weight is 289 g/mol. The minimum Gasteiger partial charge on any atom is -0.375 e. The maximum atomic E-state index is 12.6. The van der Waals surface area contributed by atoms with E-state index in [2.05, 4.69) is 39.8 Å². The quantitative estimate of drug-likeness (QED) is 0.846. The fourth-order valence-electron chi connectivity index (χ4n) is 2.77. The average Bonchev–Trinajstić information content (AvgIpc) is 2.46. The van der Waals surface area contributed by atoms with Crippen molar-refractivity contribution in [2.75, 3.05) is 19.7 Å². The molecule has 1 aliphatic rings. The summed E-state index contributed by atoms with van der Waals surface area (Å²) in [6.45, 7) is 10.8. The molecule has 1 atom stereocenters. The number of benzene rings is 1. The zero-order valence-electron chi connectivity index (χ0n) is 13.6. The molecule has 0 aliphatic carbocycles. The van der Waals surface area contributed by atoms with Crippen molar-refractivity contribution in [1.82, 2.24) is 4.90 Å². The van der Waals surface area contributed by atoms with Crippen LogP contribution in [0.3, 0.4) is 0 Å². The number of nitrogens with zero attached hydrogens (tertiary/aromatic N) is 1. The van der Waals surface area contributed by atoms with Gasteiger partial charge in [-0.2, -0.15) is 0 Å². The fraction of sp³-hybridized carbons (Fsp3) is 0.611. The standard InChI is InChI=1S/C18H27NO2/c1-13(2)11-17-12-19(9-10-21-17)18(20)16-7-5-15(6-8-16)14(3)4/h5-8,13-14,17H,9-12H2,1-4H3. The van der Waals surface area contributed by atoms with Crippen LogP contribution in [0.2, 0.25) is 0 Å². The molecule has 0 aromatic heterocycles. The summed E-state index contributed by atoms with van der Waals surface area (Å²) in [4.78, 5) is 14.5. The van der Waals surface area contributed by atoms with Gasteiger partial charge in [0.1, 0.15) is 0 Å². The SMILES string of the molecule is CC(C)CC1CN(C(=O)c2ccc(C(C)C)cc2)CCO1. The van der Waals surface area contributed by atoms with Crippen LogP contribution in [0.5, 0.6) is 0 Å². The molecule has 0 spiro atoms. The van der Waals surface area contributed by atoms with E-state index in [0.29, 0.717) is 31.5 Å². The van der Waals surface area contributed by atoms with Gasteiger partial charge in [0, 0.05) is 18.7 Å². The molecule has 116 valence electrons. The largest absolute Gasteiger partial charge is 0.375 e. The zero-order valence-corrected chi connectivity index (χ0v) is 13.6. The molecular weight excluding hydrogens is 262 g/mol. The highest BCUT2D eigenvalue weighted by Gasteiger charge is 2.25. The van der Waals surface area contributed by atoms with Crippen LogP contribution in [0, 0.1) is 5.92 Å². The fourth-order valence-corrected chi connectivity index (χ4v) is 2.77. The van der Waals surface area contributed by atoms with Crippen LogP contribution in [0.15, 0.2) is 24.3 Å². The first-order valence-corrected chi connectivity index (χ1v) is 7.98. The number of hydrogen-bond donors (Lipinski definition) is 0. The maximum absolute atomic E-state index is 12.6. The van der Waals surface area contributed by atoms with Gasteiger partial charge in [0.25, 0.3) is 5.91 Å². The minimum absolute atomic E-state index is 0.127. The summed E-state index contributed by atoms with van der Waals surface area (Å²) in [5.74, 6) is 1.21. The Hall–Kier alpha value is -1.35. The van der Waals surface area contributed by atoms with Crippen molar-refractivity contribution in [3.63, 3.8) is 0 Å². The highest BCUT2D eigenvalue weighted by molar-refractivity contribution is 5.94. The van der Waals surface area contributed by atoms with Gasteiger partial charge in [0.15, 0.2) is 0 Å². The lowest BCUT2D eigenvalue weighted by atomic mass is 10.0. The van der Waals surface area contributed by atoms with Gasteiger partial charge in [-0.05, 0) is 36.0 Å². The number of rotatable bonds is 4. The molecule has 0 N–H and O–H groups in total. The summed E-state index contributed by atoms with van der Waals surface area (Å²) >= 11 is 0. The smallest absolute Gasteiger partial charge is 0.254 e. The zero-order chi connectivity index (χ0) is 15.4. The molecule has 21 heavy (non-hydrogen) atoms. The number of carbonyl (C=O) groups is 1. The van der Waals surface area contributed by atoms with Gasteiger partial charge in [-0.15, -0.1) is 0 Å². The number of hydrogen-bond acceptors (Lipinski definition) is 2. The van der Waals surface area contributed by atoms with Crippen LogP contribution in [-0.4, -0.2) is 36.6 Å². The van der Waals surface area contributed by atoms with E-state index in [0.717, 1.165) is 12.0 Å². The van der Waals surface area contributed by atoms with Gasteiger partial charge in [-0.25, -0.2) is 0 Å². The molecule has 0 saturated carbocycles. The minimum atomic E-state index is 0.127. The van der Waals surface area contributed by atoms with E-state index in [4.69, 9.17) is 4.74 Å². The third kappa shape index (κ3) is 4.31. The van der Waals surface area contributed by atoms with Gasteiger partial charge in [-0.3, -0.25) is 4.79 Å². The van der Waals surface area contributed by atoms with Gasteiger partial charge in [0.2, 0.25) is 0 Å². The summed E-state index contributed by atoms with van der Waals surface area (Å²) in [5.41, 5.74) is 2.05. The van der Waals surface area contributed by atoms with Crippen molar-refractivity contribution >= 4 is 5.91 Å². The topological polar surface area (TPSA) is 29.5 Å². The normalized spacial score (nSPS) is 19.3. The van der Waals surface area contributed by atoms with Gasteiger partial charge in [-0.1, -0.05) is 39.8 Å². The van der Waals surface area contributed by atoms with Crippen LogP contribution in [0.4, 0.5) is 0 Å². The van der Waals surface area contributed by atoms with E-state index >= 15 is 0 Å². The Kier molecular flexibility index (Phi) is 5.40. The van der Waals surface area contributed by atoms with E-state index in [9.17, 15) is 4.79 Å². The third-order valence-electron chi connectivity index (χ3n) is 3.98. The Morgan fingerprint density at radius 3 is 2.48 bits per heavy atom. The van der Waals surface area contributed by atoms with Crippen molar-refractivity contribution < 1.29 is 9.53 Å². The maximum Gasteiger partial charge on any atom is 0.254 e. The predicted octanol–water partition coefficient (Wildman–Crippen LogP) is 3.70. The molecule has 3 nitrogen and oxygen atoms in total. The number of ether oxygens (including phenoxy) is 1. The summed E-state index contributed by atoms with van der Waals surface area (Å²) in [6, 6.07) is 8.02. The second kappa shape index (κ2) is 7.08. The Morgan fingerprint density at radius 2 is 1.90 bits per heavy atom. The molecule has 1 saturated heterocycles. The molecule has 1 heterocycles. The Balaban J connectivity index is 2.01. The van der Waals surface area contributed by atoms with Gasteiger partial charge < -0.3 is 9.64 Å². The monoisotopic (exact) mass is 289 g/mol. The van der Waals surface area contributed by atoms with Crippen LogP contribution in [-0.2, 0) is 4.74 Å². The lowest BCUT2D eigenvalue weighted by Gasteiger charge is -2.33. The van der Waals surface area contributed by atoms with Crippen molar-refractivity contribution in [3.05, 3.63) is 35.4 Å². The molecule has 1 unspecified atom stereocenters. The molecule has 0 radical (unpaired) electrons. The number of morpholine rings is 1.